The largest absolute Gasteiger partial charge is 0.497 e. The molecule has 2 atom stereocenters. The molecule has 0 saturated carbocycles. The maximum Gasteiger partial charge on any atom is 0.262 e. The number of nitrogens with one attached hydrogen (secondary N) is 1. The average molecular weight is 533 g/mol. The lowest BCUT2D eigenvalue weighted by Crippen LogP contribution is -2.25. The smallest absolute Gasteiger partial charge is 0.262 e. The van der Waals surface area contributed by atoms with Crippen LogP contribution in [0.1, 0.15) is 35.6 Å². The van der Waals surface area contributed by atoms with E-state index in [4.69, 9.17) is 21.4 Å². The highest BCUT2D eigenvalue weighted by molar-refractivity contribution is 8.15. The first-order valence-corrected chi connectivity index (χ1v) is 13.1. The van der Waals surface area contributed by atoms with Gasteiger partial charge in [-0.25, -0.2) is 5.01 Å². The Morgan fingerprint density at radius 3 is 2.68 bits per heavy atom. The van der Waals surface area contributed by atoms with Gasteiger partial charge in [0.25, 0.3) is 5.91 Å². The molecule has 0 spiro atoms. The molecule has 2 aliphatic heterocycles. The number of aliphatic imine (C=N–C) groups is 1. The molecule has 0 aromatic heterocycles. The first kappa shape index (κ1) is 25.0. The quantitative estimate of drug-likeness (QED) is 0.431. The Kier molecular flexibility index (Phi) is 7.30. The number of hydrazone groups is 1. The zero-order chi connectivity index (χ0) is 25.9. The number of carbonyl (C=O) groups excluding carboxylic acids is 2. The van der Waals surface area contributed by atoms with E-state index in [-0.39, 0.29) is 24.3 Å². The molecular formula is C28H25ClN4O3S. The summed E-state index contributed by atoms with van der Waals surface area (Å²) in [5, 5.41) is 10.1. The summed E-state index contributed by atoms with van der Waals surface area (Å²) >= 11 is 7.36. The Hall–Kier alpha value is -3.62. The van der Waals surface area contributed by atoms with Gasteiger partial charge in [-0.1, -0.05) is 71.4 Å². The second kappa shape index (κ2) is 10.8. The second-order valence-electron chi connectivity index (χ2n) is 8.86. The van der Waals surface area contributed by atoms with E-state index in [0.717, 1.165) is 22.4 Å². The van der Waals surface area contributed by atoms with Crippen molar-refractivity contribution in [1.82, 2.24) is 5.01 Å². The second-order valence-corrected chi connectivity index (χ2v) is 10.5. The van der Waals surface area contributed by atoms with E-state index in [1.807, 2.05) is 48.3 Å². The van der Waals surface area contributed by atoms with Crippen LogP contribution in [0.15, 0.2) is 82.9 Å². The number of aryl methyl sites for hydroxylation is 1. The lowest BCUT2D eigenvalue weighted by molar-refractivity contribution is -0.121. The third-order valence-corrected chi connectivity index (χ3v) is 7.56. The number of nitrogens with zero attached hydrogens (tertiary/aromatic N) is 3. The van der Waals surface area contributed by atoms with Gasteiger partial charge >= 0.3 is 0 Å². The number of amides is 2. The highest BCUT2D eigenvalue weighted by Crippen LogP contribution is 2.39. The van der Waals surface area contributed by atoms with Gasteiger partial charge in [0.1, 0.15) is 11.0 Å². The molecular weight excluding hydrogens is 508 g/mol. The van der Waals surface area contributed by atoms with Crippen LogP contribution < -0.4 is 10.1 Å². The number of hydrogen-bond donors (Lipinski definition) is 1. The minimum absolute atomic E-state index is 0.00438. The van der Waals surface area contributed by atoms with E-state index in [1.54, 1.807) is 31.4 Å². The highest BCUT2D eigenvalue weighted by Gasteiger charge is 2.39. The van der Waals surface area contributed by atoms with Crippen LogP contribution in [0.2, 0.25) is 5.02 Å². The molecule has 7 nitrogen and oxygen atoms in total. The van der Waals surface area contributed by atoms with Crippen LogP contribution in [0.3, 0.4) is 0 Å². The standard InChI is InChI=1S/C28H25ClN4O3S/c1-17-5-3-6-19(13-17)24-15-23(18-9-11-20(29)12-10-18)32-33(24)28-31-27(35)25(37-28)16-26(34)30-21-7-4-8-22(14-21)36-2/h3-14,24-25H,15-16H2,1-2H3,(H,30,34)/t24-,25-/m1/s1. The van der Waals surface area contributed by atoms with Crippen LogP contribution in [-0.4, -0.2) is 40.1 Å². The molecule has 37 heavy (non-hydrogen) atoms. The summed E-state index contributed by atoms with van der Waals surface area (Å²) in [6.07, 6.45) is 0.657. The number of methoxy groups -OCH3 is 1. The minimum atomic E-state index is -0.617. The maximum atomic E-state index is 12.8. The normalized spacial score (nSPS) is 19.0. The van der Waals surface area contributed by atoms with E-state index in [0.29, 0.717) is 28.0 Å². The van der Waals surface area contributed by atoms with Crippen LogP contribution in [0.4, 0.5) is 5.69 Å². The number of benzene rings is 3. The number of rotatable bonds is 6. The van der Waals surface area contributed by atoms with Crippen LogP contribution in [0, 0.1) is 6.92 Å². The summed E-state index contributed by atoms with van der Waals surface area (Å²) in [5.41, 5.74) is 4.69. The molecule has 0 bridgehead atoms. The summed E-state index contributed by atoms with van der Waals surface area (Å²) in [6.45, 7) is 2.05. The van der Waals surface area contributed by atoms with Crippen molar-refractivity contribution in [3.8, 4) is 5.75 Å². The summed E-state index contributed by atoms with van der Waals surface area (Å²) in [4.78, 5) is 29.8. The predicted molar refractivity (Wildman–Crippen MR) is 148 cm³/mol. The van der Waals surface area contributed by atoms with Gasteiger partial charge in [0.2, 0.25) is 5.91 Å². The van der Waals surface area contributed by atoms with Gasteiger partial charge in [-0.05, 0) is 42.3 Å². The van der Waals surface area contributed by atoms with Gasteiger partial charge < -0.3 is 10.1 Å². The first-order chi connectivity index (χ1) is 17.9. The Bertz CT molecular complexity index is 1410. The summed E-state index contributed by atoms with van der Waals surface area (Å²) in [6, 6.07) is 22.8. The summed E-state index contributed by atoms with van der Waals surface area (Å²) in [7, 11) is 1.57. The number of anilines is 1. The molecule has 1 N–H and O–H groups in total. The van der Waals surface area contributed by atoms with E-state index >= 15 is 0 Å². The number of hydrogen-bond acceptors (Lipinski definition) is 6. The van der Waals surface area contributed by atoms with E-state index in [2.05, 4.69) is 22.4 Å². The fourth-order valence-corrected chi connectivity index (χ4v) is 5.51. The van der Waals surface area contributed by atoms with Crippen molar-refractivity contribution in [1.29, 1.82) is 0 Å². The van der Waals surface area contributed by atoms with Crippen LogP contribution in [-0.2, 0) is 9.59 Å². The SMILES string of the molecule is COc1cccc(NC(=O)C[C@H]2SC(N3N=C(c4ccc(Cl)cc4)C[C@@H]3c3cccc(C)c3)=NC2=O)c1. The van der Waals surface area contributed by atoms with Crippen molar-refractivity contribution in [2.24, 2.45) is 10.1 Å². The van der Waals surface area contributed by atoms with Gasteiger partial charge in [0.15, 0.2) is 5.17 Å². The maximum absolute atomic E-state index is 12.8. The molecule has 3 aromatic carbocycles. The molecule has 3 aromatic rings. The number of carbonyl (C=O) groups is 2. The van der Waals surface area contributed by atoms with E-state index in [1.165, 1.54) is 11.8 Å². The van der Waals surface area contributed by atoms with Crippen LogP contribution in [0.5, 0.6) is 5.75 Å². The van der Waals surface area contributed by atoms with Crippen molar-refractivity contribution < 1.29 is 14.3 Å². The monoisotopic (exact) mass is 532 g/mol. The Morgan fingerprint density at radius 1 is 1.14 bits per heavy atom. The number of ether oxygens (including phenoxy) is 1. The van der Waals surface area contributed by atoms with Gasteiger partial charge in [-0.2, -0.15) is 10.1 Å². The lowest BCUT2D eigenvalue weighted by Gasteiger charge is -2.23. The third kappa shape index (κ3) is 5.70. The van der Waals surface area contributed by atoms with Crippen LogP contribution in [0.25, 0.3) is 0 Å². The Balaban J connectivity index is 1.34. The van der Waals surface area contributed by atoms with E-state index in [9.17, 15) is 9.59 Å². The predicted octanol–water partition coefficient (Wildman–Crippen LogP) is 5.83. The zero-order valence-electron chi connectivity index (χ0n) is 20.3. The molecule has 0 radical (unpaired) electrons. The zero-order valence-corrected chi connectivity index (χ0v) is 21.9. The molecule has 2 aliphatic rings. The van der Waals surface area contributed by atoms with Gasteiger partial charge in [-0.3, -0.25) is 9.59 Å². The molecule has 188 valence electrons. The van der Waals surface area contributed by atoms with Crippen molar-refractivity contribution in [2.45, 2.75) is 31.1 Å². The van der Waals surface area contributed by atoms with Crippen molar-refractivity contribution in [3.05, 3.63) is 94.5 Å². The molecule has 0 aliphatic carbocycles. The minimum Gasteiger partial charge on any atom is -0.497 e. The number of amidine groups is 1. The molecule has 5 rings (SSSR count). The molecule has 0 unspecified atom stereocenters. The van der Waals surface area contributed by atoms with Crippen molar-refractivity contribution in [2.75, 3.05) is 12.4 Å². The van der Waals surface area contributed by atoms with Gasteiger partial charge in [0, 0.05) is 29.6 Å². The van der Waals surface area contributed by atoms with Crippen LogP contribution >= 0.6 is 23.4 Å². The van der Waals surface area contributed by atoms with Crippen molar-refractivity contribution in [3.63, 3.8) is 0 Å². The van der Waals surface area contributed by atoms with Gasteiger partial charge in [0.05, 0.1) is 18.9 Å². The lowest BCUT2D eigenvalue weighted by atomic mass is 9.97. The fourth-order valence-electron chi connectivity index (χ4n) is 4.33. The van der Waals surface area contributed by atoms with Gasteiger partial charge in [-0.15, -0.1) is 0 Å². The van der Waals surface area contributed by atoms with E-state index < -0.39 is 5.25 Å². The number of halogens is 1. The topological polar surface area (TPSA) is 83.4 Å². The van der Waals surface area contributed by atoms with Crippen molar-refractivity contribution >= 4 is 51.7 Å². The fraction of sp³-hybridized carbons (Fsp3) is 0.214. The summed E-state index contributed by atoms with van der Waals surface area (Å²) in [5.74, 6) is 0.0387. The number of thioether (sulfide) groups is 1. The molecule has 2 amide bonds. The molecule has 2 heterocycles. The first-order valence-electron chi connectivity index (χ1n) is 11.8. The summed E-state index contributed by atoms with van der Waals surface area (Å²) < 4.78 is 5.21. The highest BCUT2D eigenvalue weighted by atomic mass is 35.5. The molecule has 0 saturated heterocycles. The molecule has 9 heteroatoms. The third-order valence-electron chi connectivity index (χ3n) is 6.16. The average Bonchev–Trinajstić information content (AvgIpc) is 3.48. The Labute approximate surface area is 224 Å². The Morgan fingerprint density at radius 2 is 1.92 bits per heavy atom. The molecule has 0 fully saturated rings.